The Morgan fingerprint density at radius 1 is 1.18 bits per heavy atom. The van der Waals surface area contributed by atoms with Gasteiger partial charge in [-0.15, -0.1) is 0 Å². The number of phenolic OH excluding ortho intramolecular Hbond substituents is 1. The maximum atomic E-state index is 11.9. The number of hydrogen-bond acceptors (Lipinski definition) is 4. The molecule has 0 radical (unpaired) electrons. The summed E-state index contributed by atoms with van der Waals surface area (Å²) in [5, 5.41) is 12.2. The highest BCUT2D eigenvalue weighted by Gasteiger charge is 2.14. The fraction of sp³-hybridized carbons (Fsp3) is 0.125. The van der Waals surface area contributed by atoms with Crippen molar-refractivity contribution in [2.45, 2.75) is 6.92 Å². The zero-order chi connectivity index (χ0) is 16.1. The van der Waals surface area contributed by atoms with Gasteiger partial charge < -0.3 is 15.2 Å². The molecule has 0 atom stereocenters. The topological polar surface area (TPSA) is 75.6 Å². The third kappa shape index (κ3) is 4.45. The van der Waals surface area contributed by atoms with Gasteiger partial charge in [-0.1, -0.05) is 11.6 Å². The summed E-state index contributed by atoms with van der Waals surface area (Å²) in [6, 6.07) is 11.8. The molecule has 1 amide bonds. The lowest BCUT2D eigenvalue weighted by Crippen LogP contribution is -2.21. The van der Waals surface area contributed by atoms with E-state index in [0.29, 0.717) is 5.69 Å². The lowest BCUT2D eigenvalue weighted by Gasteiger charge is -2.08. The molecule has 0 spiro atoms. The largest absolute Gasteiger partial charge is 0.507 e. The Balaban J connectivity index is 1.91. The number of esters is 1. The standard InChI is InChI=1S/C16H14INO4/c1-10-2-7-14(19)13(8-10)16(21)22-9-15(20)18-12-5-3-11(17)4-6-12/h2-8,19H,9H2,1H3,(H,18,20). The summed E-state index contributed by atoms with van der Waals surface area (Å²) in [6.45, 7) is 1.37. The summed E-state index contributed by atoms with van der Waals surface area (Å²) >= 11 is 2.16. The molecule has 0 aliphatic heterocycles. The first-order chi connectivity index (χ1) is 10.5. The third-order valence-corrected chi connectivity index (χ3v) is 3.55. The highest BCUT2D eigenvalue weighted by Crippen LogP contribution is 2.19. The fourth-order valence-electron chi connectivity index (χ4n) is 1.75. The van der Waals surface area contributed by atoms with Crippen molar-refractivity contribution in [3.05, 3.63) is 57.2 Å². The van der Waals surface area contributed by atoms with Gasteiger partial charge in [-0.3, -0.25) is 4.79 Å². The van der Waals surface area contributed by atoms with E-state index in [9.17, 15) is 14.7 Å². The van der Waals surface area contributed by atoms with Gasteiger partial charge in [0.2, 0.25) is 0 Å². The van der Waals surface area contributed by atoms with Crippen LogP contribution in [-0.4, -0.2) is 23.6 Å². The van der Waals surface area contributed by atoms with Crippen molar-refractivity contribution in [1.82, 2.24) is 0 Å². The van der Waals surface area contributed by atoms with E-state index in [1.165, 1.54) is 12.1 Å². The molecule has 2 aromatic carbocycles. The molecule has 2 aromatic rings. The van der Waals surface area contributed by atoms with E-state index in [2.05, 4.69) is 27.9 Å². The number of hydrogen-bond donors (Lipinski definition) is 2. The molecule has 0 aromatic heterocycles. The van der Waals surface area contributed by atoms with E-state index in [0.717, 1.165) is 9.13 Å². The SMILES string of the molecule is Cc1ccc(O)c(C(=O)OCC(=O)Nc2ccc(I)cc2)c1. The number of phenols is 1. The normalized spacial score (nSPS) is 10.1. The number of amides is 1. The Bertz CT molecular complexity index is 698. The number of nitrogens with one attached hydrogen (secondary N) is 1. The third-order valence-electron chi connectivity index (χ3n) is 2.83. The Kier molecular flexibility index (Phi) is 5.37. The molecule has 0 saturated carbocycles. The summed E-state index contributed by atoms with van der Waals surface area (Å²) in [7, 11) is 0. The van der Waals surface area contributed by atoms with Crippen molar-refractivity contribution in [2.75, 3.05) is 11.9 Å². The Morgan fingerprint density at radius 2 is 1.86 bits per heavy atom. The Morgan fingerprint density at radius 3 is 2.55 bits per heavy atom. The predicted molar refractivity (Wildman–Crippen MR) is 90.9 cm³/mol. The molecule has 0 aliphatic carbocycles. The van der Waals surface area contributed by atoms with Crippen LogP contribution in [0.3, 0.4) is 0 Å². The average Bonchev–Trinajstić information content (AvgIpc) is 2.49. The quantitative estimate of drug-likeness (QED) is 0.599. The lowest BCUT2D eigenvalue weighted by atomic mass is 10.1. The number of carbonyl (C=O) groups excluding carboxylic acids is 2. The molecular weight excluding hydrogens is 397 g/mol. The second-order valence-corrected chi connectivity index (χ2v) is 5.90. The molecule has 0 aliphatic rings. The van der Waals surface area contributed by atoms with Crippen molar-refractivity contribution in [3.63, 3.8) is 0 Å². The van der Waals surface area contributed by atoms with Crippen LogP contribution in [0.4, 0.5) is 5.69 Å². The zero-order valence-corrected chi connectivity index (χ0v) is 14.0. The number of rotatable bonds is 4. The van der Waals surface area contributed by atoms with E-state index >= 15 is 0 Å². The van der Waals surface area contributed by atoms with Gasteiger partial charge >= 0.3 is 5.97 Å². The minimum Gasteiger partial charge on any atom is -0.507 e. The second kappa shape index (κ2) is 7.26. The Labute approximate surface area is 141 Å². The van der Waals surface area contributed by atoms with Crippen LogP contribution in [0.25, 0.3) is 0 Å². The van der Waals surface area contributed by atoms with Gasteiger partial charge in [-0.05, 0) is 65.9 Å². The lowest BCUT2D eigenvalue weighted by molar-refractivity contribution is -0.119. The van der Waals surface area contributed by atoms with E-state index < -0.39 is 18.5 Å². The molecule has 0 saturated heterocycles. The number of anilines is 1. The molecular formula is C16H14INO4. The number of aryl methyl sites for hydroxylation is 1. The van der Waals surface area contributed by atoms with Crippen LogP contribution in [0.5, 0.6) is 5.75 Å². The van der Waals surface area contributed by atoms with Gasteiger partial charge in [0.05, 0.1) is 0 Å². The highest BCUT2D eigenvalue weighted by molar-refractivity contribution is 14.1. The molecule has 0 fully saturated rings. The Hall–Kier alpha value is -2.09. The van der Waals surface area contributed by atoms with Gasteiger partial charge in [0, 0.05) is 9.26 Å². The summed E-state index contributed by atoms with van der Waals surface area (Å²) in [4.78, 5) is 23.6. The molecule has 2 rings (SSSR count). The van der Waals surface area contributed by atoms with E-state index in [1.54, 1.807) is 25.1 Å². The summed E-state index contributed by atoms with van der Waals surface area (Å²) < 4.78 is 5.96. The van der Waals surface area contributed by atoms with Gasteiger partial charge in [-0.2, -0.15) is 0 Å². The molecule has 0 heterocycles. The van der Waals surface area contributed by atoms with Crippen molar-refractivity contribution in [1.29, 1.82) is 0 Å². The van der Waals surface area contributed by atoms with Crippen molar-refractivity contribution in [3.8, 4) is 5.75 Å². The van der Waals surface area contributed by atoms with Crippen molar-refractivity contribution < 1.29 is 19.4 Å². The van der Waals surface area contributed by atoms with Crippen LogP contribution in [0, 0.1) is 10.5 Å². The van der Waals surface area contributed by atoms with E-state index in [4.69, 9.17) is 4.74 Å². The molecule has 5 nitrogen and oxygen atoms in total. The van der Waals surface area contributed by atoms with Crippen molar-refractivity contribution in [2.24, 2.45) is 0 Å². The maximum absolute atomic E-state index is 11.9. The number of carbonyl (C=O) groups is 2. The first-order valence-corrected chi connectivity index (χ1v) is 7.56. The maximum Gasteiger partial charge on any atom is 0.342 e. The van der Waals surface area contributed by atoms with Crippen LogP contribution in [0.15, 0.2) is 42.5 Å². The minimum absolute atomic E-state index is 0.0436. The van der Waals surface area contributed by atoms with Crippen LogP contribution in [0.2, 0.25) is 0 Å². The molecule has 6 heteroatoms. The minimum atomic E-state index is -0.737. The molecule has 114 valence electrons. The van der Waals surface area contributed by atoms with Crippen LogP contribution >= 0.6 is 22.6 Å². The smallest absolute Gasteiger partial charge is 0.342 e. The van der Waals surface area contributed by atoms with Gasteiger partial charge in [-0.25, -0.2) is 4.79 Å². The number of ether oxygens (including phenoxy) is 1. The summed E-state index contributed by atoms with van der Waals surface area (Å²) in [5.74, 6) is -1.35. The number of halogens is 1. The van der Waals surface area contributed by atoms with Gasteiger partial charge in [0.25, 0.3) is 5.91 Å². The van der Waals surface area contributed by atoms with Crippen molar-refractivity contribution >= 4 is 40.2 Å². The van der Waals surface area contributed by atoms with Crippen LogP contribution < -0.4 is 5.32 Å². The average molecular weight is 411 g/mol. The summed E-state index contributed by atoms with van der Waals surface area (Å²) in [6.07, 6.45) is 0. The van der Waals surface area contributed by atoms with Gasteiger partial charge in [0.15, 0.2) is 6.61 Å². The monoisotopic (exact) mass is 411 g/mol. The van der Waals surface area contributed by atoms with Crippen LogP contribution in [0.1, 0.15) is 15.9 Å². The molecule has 22 heavy (non-hydrogen) atoms. The zero-order valence-electron chi connectivity index (χ0n) is 11.8. The molecule has 0 bridgehead atoms. The predicted octanol–water partition coefficient (Wildman–Crippen LogP) is 3.10. The van der Waals surface area contributed by atoms with E-state index in [1.807, 2.05) is 12.1 Å². The first-order valence-electron chi connectivity index (χ1n) is 6.48. The fourth-order valence-corrected chi connectivity index (χ4v) is 2.11. The molecule has 2 N–H and O–H groups in total. The summed E-state index contributed by atoms with van der Waals surface area (Å²) in [5.41, 5.74) is 1.48. The van der Waals surface area contributed by atoms with E-state index in [-0.39, 0.29) is 11.3 Å². The van der Waals surface area contributed by atoms with Gasteiger partial charge in [0.1, 0.15) is 11.3 Å². The molecule has 0 unspecified atom stereocenters. The first kappa shape index (κ1) is 16.3. The highest BCUT2D eigenvalue weighted by atomic mass is 127. The second-order valence-electron chi connectivity index (χ2n) is 4.65. The van der Waals surface area contributed by atoms with Crippen LogP contribution in [-0.2, 0) is 9.53 Å². The number of benzene rings is 2. The number of aromatic hydroxyl groups is 1.